The maximum Gasteiger partial charge on any atom is 0.295 e. The molecule has 2 aromatic carbocycles. The van der Waals surface area contributed by atoms with Gasteiger partial charge in [-0.2, -0.15) is 0 Å². The number of amides is 1. The SMILES string of the molecule is CCOc1ccc([C@H]2C(=C(O)c3ccc(OC)c(C)c3)C(=O)C(=O)N2CCCN2CCOCC2)cc1OC. The van der Waals surface area contributed by atoms with Crippen LogP contribution in [0.1, 0.15) is 36.1 Å². The van der Waals surface area contributed by atoms with Crippen LogP contribution in [-0.2, 0) is 14.3 Å². The van der Waals surface area contributed by atoms with E-state index in [1.165, 1.54) is 0 Å². The fourth-order valence-corrected chi connectivity index (χ4v) is 5.06. The van der Waals surface area contributed by atoms with E-state index in [2.05, 4.69) is 4.90 Å². The van der Waals surface area contributed by atoms with E-state index < -0.39 is 17.7 Å². The molecule has 1 atom stereocenters. The summed E-state index contributed by atoms with van der Waals surface area (Å²) in [7, 11) is 3.12. The molecule has 0 aromatic heterocycles. The minimum absolute atomic E-state index is 0.0529. The molecule has 0 saturated carbocycles. The van der Waals surface area contributed by atoms with Gasteiger partial charge in [-0.15, -0.1) is 0 Å². The summed E-state index contributed by atoms with van der Waals surface area (Å²) in [5.74, 6) is 0.162. The summed E-state index contributed by atoms with van der Waals surface area (Å²) >= 11 is 0. The largest absolute Gasteiger partial charge is 0.507 e. The van der Waals surface area contributed by atoms with Gasteiger partial charge in [0.25, 0.3) is 11.7 Å². The summed E-state index contributed by atoms with van der Waals surface area (Å²) in [6.45, 7) is 8.42. The van der Waals surface area contributed by atoms with Crippen molar-refractivity contribution in [3.63, 3.8) is 0 Å². The second kappa shape index (κ2) is 12.3. The lowest BCUT2D eigenvalue weighted by atomic mass is 9.94. The number of morpholine rings is 1. The topological polar surface area (TPSA) is 97.8 Å². The van der Waals surface area contributed by atoms with Crippen molar-refractivity contribution in [1.29, 1.82) is 0 Å². The molecule has 1 N–H and O–H groups in total. The Kier molecular flexibility index (Phi) is 8.91. The summed E-state index contributed by atoms with van der Waals surface area (Å²) in [5, 5.41) is 11.4. The molecule has 9 heteroatoms. The van der Waals surface area contributed by atoms with E-state index in [4.69, 9.17) is 18.9 Å². The number of carbonyl (C=O) groups excluding carboxylic acids is 2. The zero-order valence-corrected chi connectivity index (χ0v) is 22.5. The van der Waals surface area contributed by atoms with Crippen LogP contribution in [0.25, 0.3) is 5.76 Å². The Bertz CT molecular complexity index is 1200. The van der Waals surface area contributed by atoms with Crippen LogP contribution in [0.4, 0.5) is 0 Å². The maximum atomic E-state index is 13.4. The van der Waals surface area contributed by atoms with Crippen LogP contribution in [0.5, 0.6) is 17.2 Å². The molecule has 1 amide bonds. The molecule has 0 unspecified atom stereocenters. The number of nitrogens with zero attached hydrogens (tertiary/aromatic N) is 2. The third-order valence-electron chi connectivity index (χ3n) is 6.99. The van der Waals surface area contributed by atoms with E-state index in [1.54, 1.807) is 49.5 Å². The van der Waals surface area contributed by atoms with E-state index in [0.717, 1.165) is 25.2 Å². The summed E-state index contributed by atoms with van der Waals surface area (Å²) in [5.41, 5.74) is 1.95. The van der Waals surface area contributed by atoms with Gasteiger partial charge in [0.15, 0.2) is 11.5 Å². The Hall–Kier alpha value is -3.56. The van der Waals surface area contributed by atoms with Gasteiger partial charge in [-0.1, -0.05) is 6.07 Å². The molecule has 2 heterocycles. The van der Waals surface area contributed by atoms with Crippen molar-refractivity contribution in [2.45, 2.75) is 26.3 Å². The minimum Gasteiger partial charge on any atom is -0.507 e. The van der Waals surface area contributed by atoms with Crippen LogP contribution >= 0.6 is 0 Å². The molecule has 2 fully saturated rings. The number of aryl methyl sites for hydroxylation is 1. The van der Waals surface area contributed by atoms with Gasteiger partial charge in [0.1, 0.15) is 11.5 Å². The predicted molar refractivity (Wildman–Crippen MR) is 143 cm³/mol. The second-order valence-corrected chi connectivity index (χ2v) is 9.33. The number of ketones is 1. The van der Waals surface area contributed by atoms with Gasteiger partial charge in [-0.05, 0) is 61.7 Å². The smallest absolute Gasteiger partial charge is 0.295 e. The Morgan fingerprint density at radius 1 is 1.00 bits per heavy atom. The normalized spacial score (nSPS) is 19.6. The van der Waals surface area contributed by atoms with Gasteiger partial charge in [-0.3, -0.25) is 14.5 Å². The number of benzene rings is 2. The number of ether oxygens (including phenoxy) is 4. The molecule has 0 aliphatic carbocycles. The third-order valence-corrected chi connectivity index (χ3v) is 6.99. The van der Waals surface area contributed by atoms with Gasteiger partial charge in [0.05, 0.1) is 45.7 Å². The lowest BCUT2D eigenvalue weighted by molar-refractivity contribution is -0.140. The summed E-state index contributed by atoms with van der Waals surface area (Å²) in [4.78, 5) is 30.6. The third kappa shape index (κ3) is 5.63. The average molecular weight is 525 g/mol. The van der Waals surface area contributed by atoms with Gasteiger partial charge < -0.3 is 29.0 Å². The molecule has 0 radical (unpaired) electrons. The molecule has 38 heavy (non-hydrogen) atoms. The molecule has 9 nitrogen and oxygen atoms in total. The first-order valence-electron chi connectivity index (χ1n) is 12.9. The van der Waals surface area contributed by atoms with Crippen LogP contribution in [0, 0.1) is 6.92 Å². The van der Waals surface area contributed by atoms with E-state index in [1.807, 2.05) is 19.9 Å². The number of hydrogen-bond donors (Lipinski definition) is 1. The first-order valence-corrected chi connectivity index (χ1v) is 12.9. The summed E-state index contributed by atoms with van der Waals surface area (Å²) < 4.78 is 22.0. The second-order valence-electron chi connectivity index (χ2n) is 9.33. The van der Waals surface area contributed by atoms with Crippen LogP contribution in [0.15, 0.2) is 42.0 Å². The molecule has 2 aromatic rings. The monoisotopic (exact) mass is 524 g/mol. The number of Topliss-reactive ketones (excluding diaryl/α,β-unsaturated/α-hetero) is 1. The first kappa shape index (κ1) is 27.5. The van der Waals surface area contributed by atoms with Crippen molar-refractivity contribution in [1.82, 2.24) is 9.80 Å². The standard InChI is InChI=1S/C29H36N2O7/c1-5-38-23-10-7-20(18-24(23)36-4)26-25(27(32)21-8-9-22(35-3)19(2)17-21)28(33)29(34)31(26)12-6-11-30-13-15-37-16-14-30/h7-10,17-18,26,32H,5-6,11-16H2,1-4H3/t26-/m0/s1. The molecule has 0 spiro atoms. The average Bonchev–Trinajstić information content (AvgIpc) is 3.18. The summed E-state index contributed by atoms with van der Waals surface area (Å²) in [6.07, 6.45) is 0.680. The molecular weight excluding hydrogens is 488 g/mol. The molecular formula is C29H36N2O7. The number of aliphatic hydroxyl groups is 1. The van der Waals surface area contributed by atoms with Crippen molar-refractivity contribution in [3.05, 3.63) is 58.7 Å². The Morgan fingerprint density at radius 3 is 2.37 bits per heavy atom. The number of likely N-dealkylation sites (tertiary alicyclic amines) is 1. The highest BCUT2D eigenvalue weighted by Gasteiger charge is 2.46. The van der Waals surface area contributed by atoms with Crippen molar-refractivity contribution in [3.8, 4) is 17.2 Å². The highest BCUT2D eigenvalue weighted by atomic mass is 16.5. The van der Waals surface area contributed by atoms with Crippen LogP contribution in [0.3, 0.4) is 0 Å². The number of aliphatic hydroxyl groups excluding tert-OH is 1. The van der Waals surface area contributed by atoms with E-state index in [-0.39, 0.29) is 11.3 Å². The molecule has 0 bridgehead atoms. The van der Waals surface area contributed by atoms with Crippen molar-refractivity contribution in [2.75, 3.05) is 60.2 Å². The van der Waals surface area contributed by atoms with Gasteiger partial charge in [0, 0.05) is 31.7 Å². The van der Waals surface area contributed by atoms with E-state index >= 15 is 0 Å². The van der Waals surface area contributed by atoms with Crippen molar-refractivity contribution < 1.29 is 33.6 Å². The van der Waals surface area contributed by atoms with E-state index in [9.17, 15) is 14.7 Å². The number of carbonyl (C=O) groups is 2. The molecule has 204 valence electrons. The van der Waals surface area contributed by atoms with Crippen LogP contribution in [0.2, 0.25) is 0 Å². The van der Waals surface area contributed by atoms with Crippen LogP contribution < -0.4 is 14.2 Å². The molecule has 2 aliphatic heterocycles. The number of hydrogen-bond acceptors (Lipinski definition) is 8. The van der Waals surface area contributed by atoms with Crippen LogP contribution in [-0.4, -0.2) is 86.8 Å². The van der Waals surface area contributed by atoms with E-state index in [0.29, 0.717) is 61.2 Å². The summed E-state index contributed by atoms with van der Waals surface area (Å²) in [6, 6.07) is 9.74. The zero-order valence-electron chi connectivity index (χ0n) is 22.5. The molecule has 2 aliphatic rings. The van der Waals surface area contributed by atoms with Crippen molar-refractivity contribution >= 4 is 17.4 Å². The minimum atomic E-state index is -0.772. The fourth-order valence-electron chi connectivity index (χ4n) is 5.06. The fraction of sp³-hybridized carbons (Fsp3) is 0.448. The van der Waals surface area contributed by atoms with Gasteiger partial charge in [-0.25, -0.2) is 0 Å². The highest BCUT2D eigenvalue weighted by molar-refractivity contribution is 6.46. The molecule has 2 saturated heterocycles. The number of rotatable bonds is 10. The Labute approximate surface area is 223 Å². The maximum absolute atomic E-state index is 13.4. The van der Waals surface area contributed by atoms with Crippen molar-refractivity contribution in [2.24, 2.45) is 0 Å². The van der Waals surface area contributed by atoms with Gasteiger partial charge >= 0.3 is 0 Å². The quantitative estimate of drug-likeness (QED) is 0.286. The zero-order chi connectivity index (χ0) is 27.2. The number of methoxy groups -OCH3 is 2. The molecule has 4 rings (SSSR count). The van der Waals surface area contributed by atoms with Gasteiger partial charge in [0.2, 0.25) is 0 Å². The Balaban J connectivity index is 1.74. The highest BCUT2D eigenvalue weighted by Crippen LogP contribution is 2.42. The Morgan fingerprint density at radius 2 is 1.71 bits per heavy atom. The first-order chi connectivity index (χ1) is 18.4. The predicted octanol–water partition coefficient (Wildman–Crippen LogP) is 3.55. The lowest BCUT2D eigenvalue weighted by Crippen LogP contribution is -2.39. The lowest BCUT2D eigenvalue weighted by Gasteiger charge is -2.29.